The molecule has 1 atom stereocenters. The van der Waals surface area contributed by atoms with E-state index in [1.54, 1.807) is 12.3 Å². The monoisotopic (exact) mass is 201 g/mol. The molecule has 0 N–H and O–H groups in total. The average molecular weight is 201 g/mol. The zero-order valence-electron chi connectivity index (χ0n) is 8.26. The highest BCUT2D eigenvalue weighted by Gasteiger charge is 2.22. The first-order valence-electron chi connectivity index (χ1n) is 4.89. The van der Waals surface area contributed by atoms with Crippen LogP contribution in [0.15, 0.2) is 18.3 Å². The Morgan fingerprint density at radius 2 is 2.47 bits per heavy atom. The van der Waals surface area contributed by atoms with E-state index in [-0.39, 0.29) is 5.92 Å². The summed E-state index contributed by atoms with van der Waals surface area (Å²) in [4.78, 5) is 16.7. The number of hydrogen-bond acceptors (Lipinski definition) is 4. The molecule has 2 rings (SSSR count). The van der Waals surface area contributed by atoms with Crippen LogP contribution in [0, 0.1) is 17.2 Å². The van der Waals surface area contributed by atoms with Crippen molar-refractivity contribution in [3.63, 3.8) is 0 Å². The molecule has 0 bridgehead atoms. The zero-order valence-corrected chi connectivity index (χ0v) is 8.26. The summed E-state index contributed by atoms with van der Waals surface area (Å²) in [5.41, 5.74) is 0.579. The van der Waals surface area contributed by atoms with E-state index in [1.807, 2.05) is 6.07 Å². The van der Waals surface area contributed by atoms with E-state index in [1.165, 1.54) is 0 Å². The normalized spacial score (nSPS) is 19.9. The lowest BCUT2D eigenvalue weighted by Gasteiger charge is -2.15. The molecule has 15 heavy (non-hydrogen) atoms. The van der Waals surface area contributed by atoms with Crippen LogP contribution in [0.1, 0.15) is 16.8 Å². The van der Waals surface area contributed by atoms with Gasteiger partial charge < -0.3 is 4.90 Å². The number of nitriles is 1. The fourth-order valence-electron chi connectivity index (χ4n) is 1.73. The van der Waals surface area contributed by atoms with Crippen molar-refractivity contribution >= 4 is 12.1 Å². The third-order valence-electron chi connectivity index (χ3n) is 2.60. The van der Waals surface area contributed by atoms with Gasteiger partial charge in [-0.2, -0.15) is 5.26 Å². The Morgan fingerprint density at radius 1 is 1.60 bits per heavy atom. The van der Waals surface area contributed by atoms with Crippen molar-refractivity contribution in [3.8, 4) is 6.07 Å². The molecule has 1 aromatic rings. The second kappa shape index (κ2) is 4.09. The fraction of sp³-hybridized carbons (Fsp3) is 0.364. The lowest BCUT2D eigenvalue weighted by molar-refractivity contribution is 0.112. The molecule has 1 saturated heterocycles. The summed E-state index contributed by atoms with van der Waals surface area (Å²) >= 11 is 0. The van der Waals surface area contributed by atoms with Crippen LogP contribution in [0.5, 0.6) is 0 Å². The number of hydrogen-bond donors (Lipinski definition) is 0. The summed E-state index contributed by atoms with van der Waals surface area (Å²) in [6.45, 7) is 1.61. The fourth-order valence-corrected chi connectivity index (χ4v) is 1.73. The van der Waals surface area contributed by atoms with Crippen molar-refractivity contribution in [3.05, 3.63) is 23.9 Å². The van der Waals surface area contributed by atoms with Gasteiger partial charge in [0.25, 0.3) is 0 Å². The second-order valence-electron chi connectivity index (χ2n) is 3.63. The Hall–Kier alpha value is -1.89. The highest BCUT2D eigenvalue weighted by molar-refractivity contribution is 5.74. The first-order chi connectivity index (χ1) is 7.33. The van der Waals surface area contributed by atoms with Gasteiger partial charge in [0.15, 0.2) is 6.29 Å². The molecule has 1 unspecified atom stereocenters. The minimum absolute atomic E-state index is 0.109. The summed E-state index contributed by atoms with van der Waals surface area (Å²) in [5, 5.41) is 8.77. The molecule has 1 aliphatic heterocycles. The van der Waals surface area contributed by atoms with E-state index in [4.69, 9.17) is 5.26 Å². The average Bonchev–Trinajstić information content (AvgIpc) is 2.78. The first kappa shape index (κ1) is 9.66. The van der Waals surface area contributed by atoms with Crippen molar-refractivity contribution in [2.45, 2.75) is 6.42 Å². The van der Waals surface area contributed by atoms with E-state index in [2.05, 4.69) is 16.0 Å². The van der Waals surface area contributed by atoms with Gasteiger partial charge in [-0.3, -0.25) is 4.79 Å². The lowest BCUT2D eigenvalue weighted by atomic mass is 10.1. The first-order valence-corrected chi connectivity index (χ1v) is 4.89. The third kappa shape index (κ3) is 1.96. The lowest BCUT2D eigenvalue weighted by Crippen LogP contribution is -2.20. The van der Waals surface area contributed by atoms with Crippen LogP contribution in [-0.4, -0.2) is 24.4 Å². The molecular weight excluding hydrogens is 190 g/mol. The summed E-state index contributed by atoms with van der Waals surface area (Å²) in [6, 6.07) is 5.83. The maximum atomic E-state index is 10.4. The summed E-state index contributed by atoms with van der Waals surface area (Å²) < 4.78 is 0. The summed E-state index contributed by atoms with van der Waals surface area (Å²) in [5.74, 6) is 0.955. The Labute approximate surface area is 88.1 Å². The molecule has 0 saturated carbocycles. The minimum atomic E-state index is 0.109. The Kier molecular flexibility index (Phi) is 2.64. The number of aldehydes is 1. The summed E-state index contributed by atoms with van der Waals surface area (Å²) in [6.07, 6.45) is 3.23. The number of carbonyl (C=O) groups excluding carboxylic acids is 1. The van der Waals surface area contributed by atoms with Crippen LogP contribution in [0.4, 0.5) is 5.82 Å². The van der Waals surface area contributed by atoms with Crippen LogP contribution < -0.4 is 4.90 Å². The minimum Gasteiger partial charge on any atom is -0.355 e. The summed E-state index contributed by atoms with van der Waals surface area (Å²) in [7, 11) is 0. The number of carbonyl (C=O) groups is 1. The van der Waals surface area contributed by atoms with Crippen molar-refractivity contribution in [2.75, 3.05) is 18.0 Å². The maximum absolute atomic E-state index is 10.4. The molecule has 1 fully saturated rings. The molecule has 0 spiro atoms. The number of aromatic nitrogens is 1. The number of rotatable bonds is 2. The largest absolute Gasteiger partial charge is 0.355 e. The van der Waals surface area contributed by atoms with Gasteiger partial charge >= 0.3 is 0 Å². The SMILES string of the molecule is N#CC1CCN(c2ccc(C=O)cn2)C1. The molecule has 76 valence electrons. The van der Waals surface area contributed by atoms with Crippen molar-refractivity contribution in [2.24, 2.45) is 5.92 Å². The highest BCUT2D eigenvalue weighted by atomic mass is 16.1. The Balaban J connectivity index is 2.11. The topological polar surface area (TPSA) is 57.0 Å². The highest BCUT2D eigenvalue weighted by Crippen LogP contribution is 2.21. The van der Waals surface area contributed by atoms with Crippen LogP contribution in [-0.2, 0) is 0 Å². The quantitative estimate of drug-likeness (QED) is 0.675. The molecule has 1 aliphatic rings. The van der Waals surface area contributed by atoms with Crippen LogP contribution in [0.2, 0.25) is 0 Å². The second-order valence-corrected chi connectivity index (χ2v) is 3.63. The molecular formula is C11H11N3O. The smallest absolute Gasteiger partial charge is 0.151 e. The standard InChI is InChI=1S/C11H11N3O/c12-5-9-3-4-14(7-9)11-2-1-10(8-15)6-13-11/h1-2,6,8-9H,3-4,7H2. The van der Waals surface area contributed by atoms with Crippen LogP contribution in [0.3, 0.4) is 0 Å². The third-order valence-corrected chi connectivity index (χ3v) is 2.60. The Bertz CT molecular complexity index is 393. The van der Waals surface area contributed by atoms with E-state index < -0.39 is 0 Å². The predicted octanol–water partition coefficient (Wildman–Crippen LogP) is 1.24. The van der Waals surface area contributed by atoms with Crippen molar-refractivity contribution in [1.29, 1.82) is 5.26 Å². The van der Waals surface area contributed by atoms with E-state index in [9.17, 15) is 4.79 Å². The van der Waals surface area contributed by atoms with Gasteiger partial charge in [-0.25, -0.2) is 4.98 Å². The number of pyridine rings is 1. The molecule has 0 radical (unpaired) electrons. The van der Waals surface area contributed by atoms with Gasteiger partial charge in [0.1, 0.15) is 5.82 Å². The predicted molar refractivity (Wildman–Crippen MR) is 55.6 cm³/mol. The molecule has 0 aliphatic carbocycles. The Morgan fingerprint density at radius 3 is 3.00 bits per heavy atom. The molecule has 4 nitrogen and oxygen atoms in total. The van der Waals surface area contributed by atoms with E-state index >= 15 is 0 Å². The molecule has 2 heterocycles. The van der Waals surface area contributed by atoms with Gasteiger partial charge in [0.05, 0.1) is 12.0 Å². The van der Waals surface area contributed by atoms with Gasteiger partial charge in [0, 0.05) is 24.8 Å². The van der Waals surface area contributed by atoms with Gasteiger partial charge in [-0.15, -0.1) is 0 Å². The number of anilines is 1. The number of nitrogens with zero attached hydrogens (tertiary/aromatic N) is 3. The van der Waals surface area contributed by atoms with E-state index in [0.717, 1.165) is 31.6 Å². The molecule has 0 aromatic carbocycles. The van der Waals surface area contributed by atoms with Gasteiger partial charge in [-0.05, 0) is 18.6 Å². The van der Waals surface area contributed by atoms with Crippen LogP contribution >= 0.6 is 0 Å². The molecule has 1 aromatic heterocycles. The zero-order chi connectivity index (χ0) is 10.7. The van der Waals surface area contributed by atoms with E-state index in [0.29, 0.717) is 5.56 Å². The van der Waals surface area contributed by atoms with Crippen molar-refractivity contribution in [1.82, 2.24) is 4.98 Å². The van der Waals surface area contributed by atoms with Crippen LogP contribution in [0.25, 0.3) is 0 Å². The van der Waals surface area contributed by atoms with Crippen molar-refractivity contribution < 1.29 is 4.79 Å². The maximum Gasteiger partial charge on any atom is 0.151 e. The molecule has 0 amide bonds. The van der Waals surface area contributed by atoms with Gasteiger partial charge in [0.2, 0.25) is 0 Å². The molecule has 4 heteroatoms. The van der Waals surface area contributed by atoms with Gasteiger partial charge in [-0.1, -0.05) is 0 Å².